The third-order valence-corrected chi connectivity index (χ3v) is 6.69. The van der Waals surface area contributed by atoms with Gasteiger partial charge in [-0.25, -0.2) is 4.79 Å². The molecule has 1 unspecified atom stereocenters. The molecule has 0 radical (unpaired) electrons. The number of anilines is 1. The van der Waals surface area contributed by atoms with Crippen LogP contribution in [0.25, 0.3) is 0 Å². The maximum atomic E-state index is 13.5. The Morgan fingerprint density at radius 2 is 1.67 bits per heavy atom. The van der Waals surface area contributed by atoms with Crippen LogP contribution in [0.3, 0.4) is 0 Å². The van der Waals surface area contributed by atoms with E-state index in [1.807, 2.05) is 90.9 Å². The van der Waals surface area contributed by atoms with Crippen molar-refractivity contribution >= 4 is 29.0 Å². The van der Waals surface area contributed by atoms with Gasteiger partial charge in [-0.2, -0.15) is 0 Å². The van der Waals surface area contributed by atoms with Crippen molar-refractivity contribution in [3.8, 4) is 0 Å². The Bertz CT molecular complexity index is 1020. The number of thiophene rings is 1. The summed E-state index contributed by atoms with van der Waals surface area (Å²) in [6.07, 6.45) is 1.59. The van der Waals surface area contributed by atoms with Crippen LogP contribution in [0.1, 0.15) is 43.2 Å². The summed E-state index contributed by atoms with van der Waals surface area (Å²) in [7, 11) is 0. The van der Waals surface area contributed by atoms with Crippen molar-refractivity contribution in [2.24, 2.45) is 0 Å². The maximum absolute atomic E-state index is 13.5. The van der Waals surface area contributed by atoms with Crippen molar-refractivity contribution in [1.29, 1.82) is 0 Å². The average molecular weight is 464 g/mol. The van der Waals surface area contributed by atoms with Crippen LogP contribution < -0.4 is 5.32 Å². The van der Waals surface area contributed by atoms with Crippen LogP contribution >= 0.6 is 11.3 Å². The molecule has 1 atom stereocenters. The van der Waals surface area contributed by atoms with Gasteiger partial charge in [0.05, 0.1) is 6.54 Å². The Balaban J connectivity index is 1.78. The monoisotopic (exact) mass is 463 g/mol. The van der Waals surface area contributed by atoms with Gasteiger partial charge in [-0.15, -0.1) is 11.3 Å². The van der Waals surface area contributed by atoms with Gasteiger partial charge in [0, 0.05) is 23.2 Å². The second kappa shape index (κ2) is 12.2. The molecule has 2 aromatic carbocycles. The molecule has 6 heteroatoms. The number of para-hydroxylation sites is 1. The van der Waals surface area contributed by atoms with Gasteiger partial charge < -0.3 is 15.1 Å². The lowest BCUT2D eigenvalue weighted by molar-refractivity contribution is -0.133. The summed E-state index contributed by atoms with van der Waals surface area (Å²) in [4.78, 5) is 31.4. The van der Waals surface area contributed by atoms with E-state index >= 15 is 0 Å². The number of benzene rings is 2. The quantitative estimate of drug-likeness (QED) is 0.391. The number of carbonyl (C=O) groups excluding carboxylic acids is 2. The summed E-state index contributed by atoms with van der Waals surface area (Å²) in [6, 6.07) is 21.5. The molecule has 3 rings (SSSR count). The minimum atomic E-state index is -0.241. The number of carbonyl (C=O) groups is 2. The molecule has 0 saturated carbocycles. The van der Waals surface area contributed by atoms with Crippen LogP contribution in [0.5, 0.6) is 0 Å². The molecule has 0 aliphatic rings. The van der Waals surface area contributed by atoms with Crippen molar-refractivity contribution in [3.63, 3.8) is 0 Å². The third kappa shape index (κ3) is 6.93. The second-order valence-electron chi connectivity index (χ2n) is 8.14. The van der Waals surface area contributed by atoms with E-state index in [4.69, 9.17) is 0 Å². The predicted octanol–water partition coefficient (Wildman–Crippen LogP) is 6.17. The first-order valence-electron chi connectivity index (χ1n) is 11.5. The maximum Gasteiger partial charge on any atom is 0.322 e. The standard InChI is InChI=1S/C27H33N3O2S/c1-4-21(3)30(27(32)28-25-16-10-9-14-23(25)5-2)20-26(31)29(19-24-15-11-17-33-24)18-22-12-7-6-8-13-22/h6-17,21H,4-5,18-20H2,1-3H3,(H,28,32). The Hall–Kier alpha value is -3.12. The molecule has 5 nitrogen and oxygen atoms in total. The number of hydrogen-bond donors (Lipinski definition) is 1. The summed E-state index contributed by atoms with van der Waals surface area (Å²) >= 11 is 1.63. The lowest BCUT2D eigenvalue weighted by Gasteiger charge is -2.31. The number of nitrogens with one attached hydrogen (secondary N) is 1. The molecule has 0 spiro atoms. The van der Waals surface area contributed by atoms with E-state index in [1.165, 1.54) is 0 Å². The topological polar surface area (TPSA) is 52.7 Å². The van der Waals surface area contributed by atoms with Crippen LogP contribution in [0.4, 0.5) is 10.5 Å². The van der Waals surface area contributed by atoms with Crippen LogP contribution in [0.15, 0.2) is 72.1 Å². The van der Waals surface area contributed by atoms with E-state index in [0.717, 1.165) is 34.5 Å². The highest BCUT2D eigenvalue weighted by Crippen LogP contribution is 2.19. The summed E-state index contributed by atoms with van der Waals surface area (Å²) in [5.41, 5.74) is 2.94. The molecule has 0 fully saturated rings. The van der Waals surface area contributed by atoms with Gasteiger partial charge in [-0.1, -0.05) is 68.4 Å². The van der Waals surface area contributed by atoms with E-state index in [1.54, 1.807) is 16.2 Å². The smallest absolute Gasteiger partial charge is 0.322 e. The summed E-state index contributed by atoms with van der Waals surface area (Å²) in [6.45, 7) is 7.15. The zero-order chi connectivity index (χ0) is 23.6. The second-order valence-corrected chi connectivity index (χ2v) is 9.17. The molecular weight excluding hydrogens is 430 g/mol. The Morgan fingerprint density at radius 1 is 0.939 bits per heavy atom. The summed E-state index contributed by atoms with van der Waals surface area (Å²) in [5.74, 6) is -0.0634. The van der Waals surface area contributed by atoms with E-state index in [9.17, 15) is 9.59 Å². The van der Waals surface area contributed by atoms with Gasteiger partial charge in [0.1, 0.15) is 6.54 Å². The highest BCUT2D eigenvalue weighted by atomic mass is 32.1. The normalized spacial score (nSPS) is 11.6. The molecule has 3 amide bonds. The number of amides is 3. The van der Waals surface area contributed by atoms with Crippen molar-refractivity contribution in [3.05, 3.63) is 88.1 Å². The zero-order valence-electron chi connectivity index (χ0n) is 19.7. The molecule has 0 aliphatic heterocycles. The number of urea groups is 1. The lowest BCUT2D eigenvalue weighted by Crippen LogP contribution is -2.47. The predicted molar refractivity (Wildman–Crippen MR) is 136 cm³/mol. The first kappa shape index (κ1) is 24.5. The molecule has 0 saturated heterocycles. The Morgan fingerprint density at radius 3 is 2.33 bits per heavy atom. The van der Waals surface area contributed by atoms with E-state index in [-0.39, 0.29) is 24.5 Å². The van der Waals surface area contributed by atoms with Crippen molar-refractivity contribution in [2.75, 3.05) is 11.9 Å². The average Bonchev–Trinajstić information content (AvgIpc) is 3.35. The van der Waals surface area contributed by atoms with Gasteiger partial charge >= 0.3 is 6.03 Å². The fourth-order valence-electron chi connectivity index (χ4n) is 3.66. The minimum absolute atomic E-state index is 0.0351. The van der Waals surface area contributed by atoms with Crippen molar-refractivity contribution in [1.82, 2.24) is 9.80 Å². The summed E-state index contributed by atoms with van der Waals surface area (Å²) in [5, 5.41) is 5.05. The fourth-order valence-corrected chi connectivity index (χ4v) is 4.38. The molecule has 1 heterocycles. The number of aryl methyl sites for hydroxylation is 1. The van der Waals surface area contributed by atoms with Gasteiger partial charge in [0.2, 0.25) is 5.91 Å². The van der Waals surface area contributed by atoms with Crippen LogP contribution in [-0.4, -0.2) is 34.3 Å². The molecule has 3 aromatic rings. The van der Waals surface area contributed by atoms with Gasteiger partial charge in [0.25, 0.3) is 0 Å². The first-order chi connectivity index (χ1) is 16.0. The van der Waals surface area contributed by atoms with Crippen LogP contribution in [0.2, 0.25) is 0 Å². The number of rotatable bonds is 10. The number of hydrogen-bond acceptors (Lipinski definition) is 3. The molecule has 174 valence electrons. The molecule has 1 aromatic heterocycles. The summed E-state index contributed by atoms with van der Waals surface area (Å²) < 4.78 is 0. The van der Waals surface area contributed by atoms with Crippen LogP contribution in [0, 0.1) is 0 Å². The zero-order valence-corrected chi connectivity index (χ0v) is 20.5. The van der Waals surface area contributed by atoms with Crippen molar-refractivity contribution in [2.45, 2.75) is 52.7 Å². The molecule has 0 aliphatic carbocycles. The molecule has 0 bridgehead atoms. The van der Waals surface area contributed by atoms with E-state index < -0.39 is 0 Å². The fraction of sp³-hybridized carbons (Fsp3) is 0.333. The van der Waals surface area contributed by atoms with E-state index in [2.05, 4.69) is 12.2 Å². The van der Waals surface area contributed by atoms with Crippen molar-refractivity contribution < 1.29 is 9.59 Å². The minimum Gasteiger partial charge on any atom is -0.332 e. The SMILES string of the molecule is CCc1ccccc1NC(=O)N(CC(=O)N(Cc1ccccc1)Cc1cccs1)C(C)CC. The van der Waals surface area contributed by atoms with Crippen LogP contribution in [-0.2, 0) is 24.3 Å². The Kier molecular flexibility index (Phi) is 9.07. The number of nitrogens with zero attached hydrogens (tertiary/aromatic N) is 2. The third-order valence-electron chi connectivity index (χ3n) is 5.82. The first-order valence-corrected chi connectivity index (χ1v) is 12.4. The molecule has 33 heavy (non-hydrogen) atoms. The largest absolute Gasteiger partial charge is 0.332 e. The highest BCUT2D eigenvalue weighted by Gasteiger charge is 2.25. The lowest BCUT2D eigenvalue weighted by atomic mass is 10.1. The van der Waals surface area contributed by atoms with Gasteiger partial charge in [-0.05, 0) is 48.4 Å². The highest BCUT2D eigenvalue weighted by molar-refractivity contribution is 7.09. The van der Waals surface area contributed by atoms with Gasteiger partial charge in [0.15, 0.2) is 0 Å². The molecule has 1 N–H and O–H groups in total. The molecular formula is C27H33N3O2S. The van der Waals surface area contributed by atoms with Gasteiger partial charge in [-0.3, -0.25) is 4.79 Å². The Labute approximate surface area is 201 Å². The van der Waals surface area contributed by atoms with E-state index in [0.29, 0.717) is 13.1 Å².